The summed E-state index contributed by atoms with van der Waals surface area (Å²) in [6.07, 6.45) is 0. The van der Waals surface area contributed by atoms with E-state index in [9.17, 15) is 0 Å². The lowest BCUT2D eigenvalue weighted by atomic mass is 9.92. The number of nitrogens with zero attached hydrogens (tertiary/aromatic N) is 2. The highest BCUT2D eigenvalue weighted by atomic mass is 16.5. The number of furan rings is 1. The molecule has 0 amide bonds. The molecule has 0 N–H and O–H groups in total. The maximum atomic E-state index is 6.89. The van der Waals surface area contributed by atoms with Gasteiger partial charge in [0.2, 0.25) is 0 Å². The molecule has 284 valence electrons. The van der Waals surface area contributed by atoms with Crippen LogP contribution in [0.15, 0.2) is 138 Å². The summed E-state index contributed by atoms with van der Waals surface area (Å²) in [6.45, 7) is 17.3. The van der Waals surface area contributed by atoms with E-state index < -0.39 is 0 Å². The van der Waals surface area contributed by atoms with Gasteiger partial charge in [-0.25, -0.2) is 0 Å². The molecule has 0 aliphatic carbocycles. The summed E-state index contributed by atoms with van der Waals surface area (Å²) in [5, 5.41) is 4.42. The third-order valence-corrected chi connectivity index (χ3v) is 11.4. The highest BCUT2D eigenvalue weighted by Gasteiger charge is 2.26. The lowest BCUT2D eigenvalue weighted by molar-refractivity contribution is 0.487. The molecular weight excluding hydrogens is 709 g/mol. The van der Waals surface area contributed by atoms with E-state index in [2.05, 4.69) is 199 Å². The van der Waals surface area contributed by atoms with Gasteiger partial charge in [0.1, 0.15) is 22.7 Å². The molecule has 0 atom stereocenters. The Kier molecular flexibility index (Phi) is 8.24. The Hall–Kier alpha value is -6.78. The molecule has 8 aromatic carbocycles. The molecule has 0 saturated heterocycles. The number of aryl methyl sites for hydroxylation is 8. The molecule has 1 aliphatic rings. The lowest BCUT2D eigenvalue weighted by Crippen LogP contribution is -2.11. The fourth-order valence-corrected chi connectivity index (χ4v) is 9.43. The normalized spacial score (nSPS) is 11.9. The lowest BCUT2D eigenvalue weighted by Gasteiger charge is -2.29. The number of benzene rings is 8. The molecule has 1 aliphatic heterocycles. The van der Waals surface area contributed by atoms with Crippen molar-refractivity contribution in [2.75, 3.05) is 9.80 Å². The highest BCUT2D eigenvalue weighted by Crippen LogP contribution is 2.52. The van der Waals surface area contributed by atoms with E-state index in [1.54, 1.807) is 0 Å². The van der Waals surface area contributed by atoms with Gasteiger partial charge in [-0.1, -0.05) is 36.4 Å². The van der Waals surface area contributed by atoms with E-state index in [0.29, 0.717) is 0 Å². The van der Waals surface area contributed by atoms with Gasteiger partial charge in [-0.3, -0.25) is 0 Å². The molecule has 4 heteroatoms. The van der Waals surface area contributed by atoms with Crippen LogP contribution in [-0.2, 0) is 0 Å². The number of hydrogen-bond donors (Lipinski definition) is 0. The van der Waals surface area contributed by atoms with Gasteiger partial charge in [0.05, 0.1) is 0 Å². The Morgan fingerprint density at radius 1 is 0.328 bits per heavy atom. The van der Waals surface area contributed by atoms with Crippen molar-refractivity contribution in [3.63, 3.8) is 0 Å². The summed E-state index contributed by atoms with van der Waals surface area (Å²) < 4.78 is 13.8. The number of hydrogen-bond acceptors (Lipinski definition) is 4. The Bertz CT molecular complexity index is 2970. The Morgan fingerprint density at radius 2 is 0.793 bits per heavy atom. The van der Waals surface area contributed by atoms with Gasteiger partial charge < -0.3 is 19.0 Å². The van der Waals surface area contributed by atoms with E-state index >= 15 is 0 Å². The molecule has 0 bridgehead atoms. The smallest absolute Gasteiger partial charge is 0.137 e. The average Bonchev–Trinajstić information content (AvgIpc) is 3.51. The number of rotatable bonds is 6. The molecule has 0 radical (unpaired) electrons. The third kappa shape index (κ3) is 6.08. The highest BCUT2D eigenvalue weighted by molar-refractivity contribution is 6.24. The molecule has 2 heterocycles. The largest absolute Gasteiger partial charge is 0.456 e. The molecule has 10 rings (SSSR count). The Morgan fingerprint density at radius 3 is 1.29 bits per heavy atom. The van der Waals surface area contributed by atoms with E-state index in [0.717, 1.165) is 89.5 Å². The zero-order chi connectivity index (χ0) is 40.0. The van der Waals surface area contributed by atoms with Crippen molar-refractivity contribution in [1.82, 2.24) is 0 Å². The second-order valence-electron chi connectivity index (χ2n) is 16.6. The zero-order valence-electron chi connectivity index (χ0n) is 34.4. The standard InChI is InChI=1S/C54H46N2O2/c1-31-16-32(2)21-41(20-31)55(42-22-33(3)17-34(4)23-42)39-12-14-45-48-30-52-53(47-10-9-11-49(54(47)48)57-50(45)28-39)46-15-13-40(29-51(46)58-52)56(43-24-35(5)18-36(6)25-43)44-26-37(7)19-38(8)27-44/h9-30H,1-8H3. The topological polar surface area (TPSA) is 28.9 Å². The van der Waals surface area contributed by atoms with E-state index in [-0.39, 0.29) is 0 Å². The molecule has 0 unspecified atom stereocenters. The van der Waals surface area contributed by atoms with Crippen LogP contribution in [0, 0.1) is 55.4 Å². The van der Waals surface area contributed by atoms with Crippen LogP contribution in [0.2, 0.25) is 0 Å². The minimum Gasteiger partial charge on any atom is -0.456 e. The quantitative estimate of drug-likeness (QED) is 0.169. The van der Waals surface area contributed by atoms with Gasteiger partial charge >= 0.3 is 0 Å². The van der Waals surface area contributed by atoms with Crippen LogP contribution in [0.25, 0.3) is 43.8 Å². The van der Waals surface area contributed by atoms with Crippen LogP contribution >= 0.6 is 0 Å². The second kappa shape index (κ2) is 13.4. The first-order valence-corrected chi connectivity index (χ1v) is 20.1. The molecule has 58 heavy (non-hydrogen) atoms. The van der Waals surface area contributed by atoms with Crippen LogP contribution in [0.5, 0.6) is 11.5 Å². The van der Waals surface area contributed by atoms with E-state index in [1.165, 1.54) is 44.5 Å². The molecule has 0 fully saturated rings. The van der Waals surface area contributed by atoms with Crippen molar-refractivity contribution in [1.29, 1.82) is 0 Å². The third-order valence-electron chi connectivity index (χ3n) is 11.4. The van der Waals surface area contributed by atoms with Gasteiger partial charge in [-0.2, -0.15) is 0 Å². The van der Waals surface area contributed by atoms with Gasteiger partial charge in [-0.05, 0) is 190 Å². The maximum Gasteiger partial charge on any atom is 0.137 e. The fourth-order valence-electron chi connectivity index (χ4n) is 9.43. The molecule has 0 saturated carbocycles. The zero-order valence-corrected chi connectivity index (χ0v) is 34.4. The monoisotopic (exact) mass is 754 g/mol. The van der Waals surface area contributed by atoms with Crippen LogP contribution in [0.3, 0.4) is 0 Å². The minimum absolute atomic E-state index is 0.825. The summed E-state index contributed by atoms with van der Waals surface area (Å²) in [5.41, 5.74) is 20.3. The van der Waals surface area contributed by atoms with Crippen LogP contribution in [0.4, 0.5) is 34.1 Å². The van der Waals surface area contributed by atoms with Crippen molar-refractivity contribution >= 4 is 66.8 Å². The average molecular weight is 755 g/mol. The summed E-state index contributed by atoms with van der Waals surface area (Å²) in [4.78, 5) is 4.70. The number of anilines is 6. The van der Waals surface area contributed by atoms with Gasteiger partial charge in [0.25, 0.3) is 0 Å². The predicted molar refractivity (Wildman–Crippen MR) is 244 cm³/mol. The van der Waals surface area contributed by atoms with Crippen molar-refractivity contribution < 1.29 is 9.15 Å². The van der Waals surface area contributed by atoms with Crippen LogP contribution < -0.4 is 14.5 Å². The second-order valence-corrected chi connectivity index (χ2v) is 16.6. The molecule has 4 nitrogen and oxygen atoms in total. The first-order valence-electron chi connectivity index (χ1n) is 20.1. The first-order chi connectivity index (χ1) is 27.9. The van der Waals surface area contributed by atoms with Crippen LogP contribution in [0.1, 0.15) is 44.5 Å². The van der Waals surface area contributed by atoms with Crippen molar-refractivity contribution in [2.24, 2.45) is 0 Å². The van der Waals surface area contributed by atoms with Crippen molar-refractivity contribution in [3.8, 4) is 22.6 Å². The summed E-state index contributed by atoms with van der Waals surface area (Å²) in [5.74, 6) is 1.68. The van der Waals surface area contributed by atoms with Crippen molar-refractivity contribution in [2.45, 2.75) is 55.4 Å². The van der Waals surface area contributed by atoms with Crippen LogP contribution in [-0.4, -0.2) is 0 Å². The molecule has 0 spiro atoms. The predicted octanol–water partition coefficient (Wildman–Crippen LogP) is 15.9. The molecule has 9 aromatic rings. The van der Waals surface area contributed by atoms with Gasteiger partial charge in [0, 0.05) is 73.5 Å². The SMILES string of the molecule is Cc1cc(C)cc(N(c2cc(C)cc(C)c2)c2ccc3c(c2)Oc2cccc4c2c-3cc2oc3cc(N(c5cc(C)cc(C)c5)c5cc(C)cc(C)c5)ccc3c24)c1. The summed E-state index contributed by atoms with van der Waals surface area (Å²) in [7, 11) is 0. The van der Waals surface area contributed by atoms with E-state index in [1.807, 2.05) is 0 Å². The van der Waals surface area contributed by atoms with Gasteiger partial charge in [0.15, 0.2) is 0 Å². The molecular formula is C54H46N2O2. The van der Waals surface area contributed by atoms with E-state index in [4.69, 9.17) is 9.15 Å². The summed E-state index contributed by atoms with van der Waals surface area (Å²) >= 11 is 0. The number of fused-ring (bicyclic) bond motifs is 6. The Labute approximate surface area is 340 Å². The Balaban J connectivity index is 1.13. The minimum atomic E-state index is 0.825. The molecule has 1 aromatic heterocycles. The van der Waals surface area contributed by atoms with Gasteiger partial charge in [-0.15, -0.1) is 0 Å². The maximum absolute atomic E-state index is 6.89. The summed E-state index contributed by atoms with van der Waals surface area (Å²) in [6, 6.07) is 48.9. The first kappa shape index (κ1) is 35.6. The number of ether oxygens (including phenoxy) is 1. The fraction of sp³-hybridized carbons (Fsp3) is 0.148. The van der Waals surface area contributed by atoms with Crippen molar-refractivity contribution in [3.05, 3.63) is 178 Å².